The van der Waals surface area contributed by atoms with E-state index in [1.807, 2.05) is 11.0 Å². The van der Waals surface area contributed by atoms with Crippen LogP contribution in [-0.4, -0.2) is 61.4 Å². The molecule has 0 unspecified atom stereocenters. The van der Waals surface area contributed by atoms with Gasteiger partial charge in [0.05, 0.1) is 10.4 Å². The molecule has 31 heavy (non-hydrogen) atoms. The van der Waals surface area contributed by atoms with Crippen molar-refractivity contribution in [3.63, 3.8) is 0 Å². The maximum absolute atomic E-state index is 13.1. The van der Waals surface area contributed by atoms with Crippen LogP contribution in [0.5, 0.6) is 0 Å². The smallest absolute Gasteiger partial charge is 0.253 e. The van der Waals surface area contributed by atoms with Crippen LogP contribution in [0.1, 0.15) is 41.7 Å². The molecule has 1 saturated carbocycles. The van der Waals surface area contributed by atoms with E-state index >= 15 is 0 Å². The highest BCUT2D eigenvalue weighted by molar-refractivity contribution is 7.89. The molecular formula is C22H27ClN4O3S. The van der Waals surface area contributed by atoms with Gasteiger partial charge in [0.25, 0.3) is 5.91 Å². The Labute approximate surface area is 188 Å². The third-order valence-electron chi connectivity index (χ3n) is 6.98. The normalized spacial score (nSPS) is 21.3. The molecule has 166 valence electrons. The number of sulfonamides is 1. The summed E-state index contributed by atoms with van der Waals surface area (Å²) >= 11 is 6.38. The van der Waals surface area contributed by atoms with Crippen LogP contribution < -0.4 is 4.72 Å². The third kappa shape index (κ3) is 3.69. The summed E-state index contributed by atoms with van der Waals surface area (Å²) in [5.41, 5.74) is 1.65. The summed E-state index contributed by atoms with van der Waals surface area (Å²) < 4.78 is 29.6. The highest BCUT2D eigenvalue weighted by Gasteiger charge is 2.44. The number of nitrogens with one attached hydrogen (secondary N) is 1. The molecule has 1 spiro atoms. The maximum Gasteiger partial charge on any atom is 0.253 e. The lowest BCUT2D eigenvalue weighted by Gasteiger charge is -2.50. The standard InChI is InChI=1S/C22H27ClN4O3S/c1-25-14-15-27-19(8-9-20(27)23)22(25)10-12-26(13-11-22)21(28)16-2-6-18(7-3-16)31(29,30)24-17-4-5-17/h2-3,6-9,17,24H,4-5,10-15H2,1H3. The second-order valence-corrected chi connectivity index (χ2v) is 11.0. The molecule has 3 heterocycles. The number of amides is 1. The molecule has 2 aromatic rings. The van der Waals surface area contributed by atoms with Gasteiger partial charge in [0.1, 0.15) is 5.15 Å². The monoisotopic (exact) mass is 462 g/mol. The van der Waals surface area contributed by atoms with Crippen molar-refractivity contribution in [1.29, 1.82) is 0 Å². The molecule has 7 nitrogen and oxygen atoms in total. The fourth-order valence-corrected chi connectivity index (χ4v) is 6.44. The molecule has 2 fully saturated rings. The van der Waals surface area contributed by atoms with E-state index in [1.165, 1.54) is 17.8 Å². The minimum absolute atomic E-state index is 0.0548. The summed E-state index contributed by atoms with van der Waals surface area (Å²) in [5.74, 6) is -0.0548. The Hall–Kier alpha value is -1.87. The summed E-state index contributed by atoms with van der Waals surface area (Å²) in [7, 11) is -1.36. The number of nitrogens with zero attached hydrogens (tertiary/aromatic N) is 3. The number of rotatable bonds is 4. The first-order valence-corrected chi connectivity index (χ1v) is 12.6. The Balaban J connectivity index is 1.29. The third-order valence-corrected chi connectivity index (χ3v) is 8.85. The van der Waals surface area contributed by atoms with Gasteiger partial charge in [-0.15, -0.1) is 0 Å². The number of hydrogen-bond acceptors (Lipinski definition) is 4. The SMILES string of the molecule is CN1CCn2c(Cl)ccc2C12CCN(C(=O)c1ccc(S(=O)(=O)NC3CC3)cc1)CC2. The Morgan fingerprint density at radius 2 is 1.71 bits per heavy atom. The van der Waals surface area contributed by atoms with Crippen LogP contribution in [-0.2, 0) is 22.1 Å². The van der Waals surface area contributed by atoms with Gasteiger partial charge in [-0.1, -0.05) is 11.6 Å². The molecule has 0 radical (unpaired) electrons. The fourth-order valence-electron chi connectivity index (χ4n) is 4.90. The molecule has 0 atom stereocenters. The summed E-state index contributed by atoms with van der Waals surface area (Å²) in [6.45, 7) is 3.11. The molecular weight excluding hydrogens is 436 g/mol. The summed E-state index contributed by atoms with van der Waals surface area (Å²) in [5, 5.41) is 0.771. The molecule has 2 aliphatic heterocycles. The fraction of sp³-hybridized carbons (Fsp3) is 0.500. The van der Waals surface area contributed by atoms with E-state index in [1.54, 1.807) is 12.1 Å². The molecule has 1 amide bonds. The van der Waals surface area contributed by atoms with Crippen LogP contribution in [0.3, 0.4) is 0 Å². The zero-order valence-corrected chi connectivity index (χ0v) is 19.1. The Bertz CT molecular complexity index is 1100. The number of hydrogen-bond donors (Lipinski definition) is 1. The zero-order chi connectivity index (χ0) is 21.8. The molecule has 1 aromatic carbocycles. The first-order chi connectivity index (χ1) is 14.8. The predicted octanol–water partition coefficient (Wildman–Crippen LogP) is 2.66. The first kappa shape index (κ1) is 21.0. The Morgan fingerprint density at radius 3 is 2.35 bits per heavy atom. The van der Waals surface area contributed by atoms with E-state index in [-0.39, 0.29) is 22.4 Å². The van der Waals surface area contributed by atoms with Gasteiger partial charge in [-0.2, -0.15) is 0 Å². The number of benzene rings is 1. The minimum atomic E-state index is -3.51. The number of likely N-dealkylation sites (N-methyl/N-ethyl adjacent to an activating group) is 1. The van der Waals surface area contributed by atoms with Crippen molar-refractivity contribution in [3.05, 3.63) is 52.8 Å². The molecule has 9 heteroatoms. The van der Waals surface area contributed by atoms with Crippen LogP contribution in [0, 0.1) is 0 Å². The van der Waals surface area contributed by atoms with E-state index in [0.29, 0.717) is 18.7 Å². The van der Waals surface area contributed by atoms with Crippen molar-refractivity contribution in [3.8, 4) is 0 Å². The minimum Gasteiger partial charge on any atom is -0.338 e. The number of fused-ring (bicyclic) bond motifs is 2. The Kier molecular flexibility index (Phi) is 5.16. The van der Waals surface area contributed by atoms with Gasteiger partial charge in [-0.3, -0.25) is 9.69 Å². The molecule has 5 rings (SSSR count). The number of aromatic nitrogens is 1. The van der Waals surface area contributed by atoms with Crippen molar-refractivity contribution in [2.75, 3.05) is 26.7 Å². The van der Waals surface area contributed by atoms with Crippen LogP contribution in [0.15, 0.2) is 41.3 Å². The largest absolute Gasteiger partial charge is 0.338 e. The molecule has 1 N–H and O–H groups in total. The number of likely N-dealkylation sites (tertiary alicyclic amines) is 1. The highest BCUT2D eigenvalue weighted by Crippen LogP contribution is 2.42. The van der Waals surface area contributed by atoms with Gasteiger partial charge in [-0.05, 0) is 69.1 Å². The van der Waals surface area contributed by atoms with Gasteiger partial charge in [0.15, 0.2) is 0 Å². The average molecular weight is 463 g/mol. The van der Waals surface area contributed by atoms with Crippen molar-refractivity contribution in [1.82, 2.24) is 19.1 Å². The lowest BCUT2D eigenvalue weighted by atomic mass is 9.81. The van der Waals surface area contributed by atoms with Gasteiger partial charge >= 0.3 is 0 Å². The number of carbonyl (C=O) groups is 1. The van der Waals surface area contributed by atoms with E-state index in [0.717, 1.165) is 43.9 Å². The predicted molar refractivity (Wildman–Crippen MR) is 119 cm³/mol. The molecule has 1 aliphatic carbocycles. The van der Waals surface area contributed by atoms with Crippen LogP contribution >= 0.6 is 11.6 Å². The number of piperidine rings is 1. The first-order valence-electron chi connectivity index (χ1n) is 10.8. The van der Waals surface area contributed by atoms with Crippen LogP contribution in [0.4, 0.5) is 0 Å². The van der Waals surface area contributed by atoms with Gasteiger partial charge < -0.3 is 9.47 Å². The highest BCUT2D eigenvalue weighted by atomic mass is 35.5. The van der Waals surface area contributed by atoms with Crippen molar-refractivity contribution in [2.24, 2.45) is 0 Å². The van der Waals surface area contributed by atoms with Gasteiger partial charge in [-0.25, -0.2) is 13.1 Å². The van der Waals surface area contributed by atoms with Crippen LogP contribution in [0.25, 0.3) is 0 Å². The molecule has 1 saturated heterocycles. The van der Waals surface area contributed by atoms with Crippen molar-refractivity contribution < 1.29 is 13.2 Å². The van der Waals surface area contributed by atoms with E-state index < -0.39 is 10.0 Å². The Morgan fingerprint density at radius 1 is 1.03 bits per heavy atom. The summed E-state index contributed by atoms with van der Waals surface area (Å²) in [6.07, 6.45) is 3.46. The van der Waals surface area contributed by atoms with E-state index in [9.17, 15) is 13.2 Å². The topological polar surface area (TPSA) is 74.6 Å². The average Bonchev–Trinajstić information content (AvgIpc) is 3.49. The van der Waals surface area contributed by atoms with E-state index in [4.69, 9.17) is 11.6 Å². The van der Waals surface area contributed by atoms with E-state index in [2.05, 4.69) is 27.3 Å². The second-order valence-electron chi connectivity index (χ2n) is 8.86. The van der Waals surface area contributed by atoms with Crippen molar-refractivity contribution in [2.45, 2.75) is 48.7 Å². The maximum atomic E-state index is 13.1. The zero-order valence-electron chi connectivity index (χ0n) is 17.6. The molecule has 1 aromatic heterocycles. The summed E-state index contributed by atoms with van der Waals surface area (Å²) in [6, 6.07) is 10.4. The molecule has 0 bridgehead atoms. The number of carbonyl (C=O) groups excluding carboxylic acids is 1. The quantitative estimate of drug-likeness (QED) is 0.758. The van der Waals surface area contributed by atoms with Crippen LogP contribution in [0.2, 0.25) is 5.15 Å². The van der Waals surface area contributed by atoms with Gasteiger partial charge in [0, 0.05) is 43.5 Å². The van der Waals surface area contributed by atoms with Gasteiger partial charge in [0.2, 0.25) is 10.0 Å². The summed E-state index contributed by atoms with van der Waals surface area (Å²) in [4.78, 5) is 17.5. The lowest BCUT2D eigenvalue weighted by molar-refractivity contribution is 0.0131. The second kappa shape index (κ2) is 7.62. The molecule has 3 aliphatic rings. The lowest BCUT2D eigenvalue weighted by Crippen LogP contribution is -2.56. The van der Waals surface area contributed by atoms with Crippen molar-refractivity contribution >= 4 is 27.5 Å². The number of halogens is 1.